The number of aliphatic hydroxyl groups is 2. The number of ether oxygens (including phenoxy) is 5. The highest BCUT2D eigenvalue weighted by atomic mass is 16.7. The summed E-state index contributed by atoms with van der Waals surface area (Å²) in [5, 5.41) is 31.6. The summed E-state index contributed by atoms with van der Waals surface area (Å²) in [6.45, 7) is 5.72. The Hall–Kier alpha value is -4.62. The Balaban J connectivity index is 2.72. The van der Waals surface area contributed by atoms with E-state index in [1.54, 1.807) is 0 Å². The molecule has 12 nitrogen and oxygen atoms in total. The highest BCUT2D eigenvalue weighted by Gasteiger charge is 2.50. The lowest BCUT2D eigenvalue weighted by molar-refractivity contribution is -0.301. The average molecular weight is 1130 g/mol. The number of hydrogen-bond donors (Lipinski definition) is 3. The lowest BCUT2D eigenvalue weighted by Crippen LogP contribution is -2.61. The SMILES string of the molecule is CC/C=C\C/C=C\C/C=C\C/C=C\C/C=C\CCCC(=O)OC(COC(=O)CCCCCCCC/C=C\C/C=C\C/C=C\C/C=C\CC)COC1OC(C(=O)O)C(O)C(O)C1OC(=O)CCCCCCCCCCCCCCCCC. The van der Waals surface area contributed by atoms with Gasteiger partial charge in [0.2, 0.25) is 0 Å². The number of carbonyl (C=O) groups excluding carboxylic acids is 3. The molecular formula is C69H112O12. The zero-order valence-electron chi connectivity index (χ0n) is 50.7. The zero-order chi connectivity index (χ0) is 58.9. The molecule has 0 aromatic rings. The Labute approximate surface area is 491 Å². The molecule has 0 amide bonds. The fraction of sp³-hybridized carbons (Fsp3) is 0.681. The molecule has 81 heavy (non-hydrogen) atoms. The van der Waals surface area contributed by atoms with Crippen LogP contribution < -0.4 is 0 Å². The number of hydrogen-bond acceptors (Lipinski definition) is 11. The maximum Gasteiger partial charge on any atom is 0.335 e. The number of carboxylic acid groups (broad SMARTS) is 1. The largest absolute Gasteiger partial charge is 0.479 e. The van der Waals surface area contributed by atoms with Crippen molar-refractivity contribution in [1.29, 1.82) is 0 Å². The van der Waals surface area contributed by atoms with Crippen molar-refractivity contribution in [2.75, 3.05) is 13.2 Å². The molecule has 6 atom stereocenters. The van der Waals surface area contributed by atoms with Crippen LogP contribution in [0, 0.1) is 0 Å². The molecule has 0 bridgehead atoms. The molecule has 0 radical (unpaired) electrons. The van der Waals surface area contributed by atoms with E-state index in [2.05, 4.69) is 118 Å². The van der Waals surface area contributed by atoms with Crippen LogP contribution in [0.25, 0.3) is 0 Å². The number of esters is 3. The van der Waals surface area contributed by atoms with E-state index in [1.807, 2.05) is 12.2 Å². The summed E-state index contributed by atoms with van der Waals surface area (Å²) in [6, 6.07) is 0. The Kier molecular flexibility index (Phi) is 51.3. The van der Waals surface area contributed by atoms with Crippen molar-refractivity contribution in [2.45, 2.75) is 289 Å². The van der Waals surface area contributed by atoms with Crippen LogP contribution in [0.5, 0.6) is 0 Å². The quantitative estimate of drug-likeness (QED) is 0.0228. The number of carboxylic acids is 1. The molecule has 1 fully saturated rings. The number of aliphatic hydroxyl groups excluding tert-OH is 2. The zero-order valence-corrected chi connectivity index (χ0v) is 50.7. The van der Waals surface area contributed by atoms with Gasteiger partial charge < -0.3 is 39.0 Å². The summed E-state index contributed by atoms with van der Waals surface area (Å²) in [7, 11) is 0. The maximum absolute atomic E-state index is 13.2. The van der Waals surface area contributed by atoms with Crippen LogP contribution >= 0.6 is 0 Å². The Bertz CT molecular complexity index is 1820. The topological polar surface area (TPSA) is 175 Å². The molecule has 1 aliphatic rings. The molecular weight excluding hydrogens is 1020 g/mol. The van der Waals surface area contributed by atoms with Crippen molar-refractivity contribution in [3.63, 3.8) is 0 Å². The van der Waals surface area contributed by atoms with Crippen LogP contribution in [-0.4, -0.2) is 89.2 Å². The Morgan fingerprint density at radius 1 is 0.420 bits per heavy atom. The molecule has 0 aromatic carbocycles. The molecule has 1 aliphatic heterocycles. The summed E-state index contributed by atoms with van der Waals surface area (Å²) in [6.07, 6.45) is 63.4. The third-order valence-corrected chi connectivity index (χ3v) is 13.8. The lowest BCUT2D eigenvalue weighted by Gasteiger charge is -2.40. The Morgan fingerprint density at radius 2 is 0.790 bits per heavy atom. The predicted octanol–water partition coefficient (Wildman–Crippen LogP) is 17.0. The second-order valence-electron chi connectivity index (χ2n) is 21.3. The number of aliphatic carboxylic acids is 1. The van der Waals surface area contributed by atoms with Crippen molar-refractivity contribution >= 4 is 23.9 Å². The minimum absolute atomic E-state index is 0.0507. The van der Waals surface area contributed by atoms with Crippen molar-refractivity contribution in [1.82, 2.24) is 0 Å². The van der Waals surface area contributed by atoms with E-state index in [-0.39, 0.29) is 25.9 Å². The van der Waals surface area contributed by atoms with Crippen molar-refractivity contribution in [3.8, 4) is 0 Å². The van der Waals surface area contributed by atoms with Gasteiger partial charge in [0.15, 0.2) is 24.6 Å². The van der Waals surface area contributed by atoms with Crippen LogP contribution in [-0.2, 0) is 42.9 Å². The first-order chi connectivity index (χ1) is 39.6. The van der Waals surface area contributed by atoms with Gasteiger partial charge in [-0.15, -0.1) is 0 Å². The second kappa shape index (κ2) is 55.9. The highest BCUT2D eigenvalue weighted by molar-refractivity contribution is 5.74. The molecule has 1 rings (SSSR count). The number of unbranched alkanes of at least 4 members (excludes halogenated alkanes) is 21. The average Bonchev–Trinajstić information content (AvgIpc) is 3.52. The van der Waals surface area contributed by atoms with Crippen molar-refractivity contribution in [2.24, 2.45) is 0 Å². The van der Waals surface area contributed by atoms with Crippen molar-refractivity contribution in [3.05, 3.63) is 109 Å². The summed E-state index contributed by atoms with van der Waals surface area (Å²) in [5.41, 5.74) is 0. The summed E-state index contributed by atoms with van der Waals surface area (Å²) in [5.74, 6) is -3.22. The van der Waals surface area contributed by atoms with E-state index in [4.69, 9.17) is 23.7 Å². The molecule has 0 spiro atoms. The van der Waals surface area contributed by atoms with Gasteiger partial charge in [-0.05, 0) is 96.3 Å². The van der Waals surface area contributed by atoms with E-state index < -0.39 is 67.3 Å². The minimum atomic E-state index is -1.92. The van der Waals surface area contributed by atoms with Gasteiger partial charge in [0.25, 0.3) is 0 Å². The molecule has 0 saturated carbocycles. The van der Waals surface area contributed by atoms with E-state index in [0.717, 1.165) is 122 Å². The van der Waals surface area contributed by atoms with Crippen LogP contribution in [0.3, 0.4) is 0 Å². The van der Waals surface area contributed by atoms with Gasteiger partial charge in [-0.25, -0.2) is 4.79 Å². The smallest absolute Gasteiger partial charge is 0.335 e. The fourth-order valence-corrected chi connectivity index (χ4v) is 9.04. The highest BCUT2D eigenvalue weighted by Crippen LogP contribution is 2.26. The molecule has 1 saturated heterocycles. The predicted molar refractivity (Wildman–Crippen MR) is 330 cm³/mol. The van der Waals surface area contributed by atoms with Gasteiger partial charge in [0, 0.05) is 19.3 Å². The van der Waals surface area contributed by atoms with E-state index in [0.29, 0.717) is 25.7 Å². The van der Waals surface area contributed by atoms with E-state index in [9.17, 15) is 34.5 Å². The molecule has 6 unspecified atom stereocenters. The molecule has 0 aromatic heterocycles. The van der Waals surface area contributed by atoms with E-state index >= 15 is 0 Å². The normalized spacial score (nSPS) is 18.5. The fourth-order valence-electron chi connectivity index (χ4n) is 9.04. The molecule has 1 heterocycles. The molecule has 12 heteroatoms. The van der Waals surface area contributed by atoms with Gasteiger partial charge in [0.05, 0.1) is 6.61 Å². The van der Waals surface area contributed by atoms with Crippen LogP contribution in [0.4, 0.5) is 0 Å². The monoisotopic (exact) mass is 1130 g/mol. The van der Waals surface area contributed by atoms with Gasteiger partial charge in [-0.1, -0.05) is 246 Å². The van der Waals surface area contributed by atoms with Crippen LogP contribution in [0.2, 0.25) is 0 Å². The standard InChI is InChI=1S/C69H112O12/c1-4-7-10-13-16-19-22-25-28-30-31-33-35-37-40-43-46-49-52-55-61(70)77-58-60(79-62(71)56-53-50-47-44-41-39-36-32-29-26-23-20-17-14-11-8-5-2)59-78-69-67(65(74)64(73)66(81-69)68(75)76)80-63(72)57-54-51-48-45-42-38-34-27-24-21-18-15-12-9-6-3/h7-8,10-11,16-17,19-20,25-26,28-29,31,33,36,39,44,47,60,64-67,69,73-74H,4-6,9,12-15,18,21-24,27,30,32,34-35,37-38,40-43,45-46,48-59H2,1-3H3,(H,75,76)/b10-7-,11-8-,19-16-,20-17-,28-25-,29-26-,33-31-,39-36-,47-44-. The molecule has 3 N–H and O–H groups in total. The van der Waals surface area contributed by atoms with Gasteiger partial charge in [-0.2, -0.15) is 0 Å². The van der Waals surface area contributed by atoms with Crippen LogP contribution in [0.1, 0.15) is 252 Å². The number of rotatable bonds is 53. The van der Waals surface area contributed by atoms with Gasteiger partial charge in [0.1, 0.15) is 18.8 Å². The summed E-state index contributed by atoms with van der Waals surface area (Å²) >= 11 is 0. The third-order valence-electron chi connectivity index (χ3n) is 13.8. The number of carbonyl (C=O) groups is 4. The van der Waals surface area contributed by atoms with E-state index in [1.165, 1.54) is 64.2 Å². The first kappa shape index (κ1) is 74.4. The summed E-state index contributed by atoms with van der Waals surface area (Å²) < 4.78 is 28.4. The second-order valence-corrected chi connectivity index (χ2v) is 21.3. The first-order valence-corrected chi connectivity index (χ1v) is 31.9. The molecule has 0 aliphatic carbocycles. The van der Waals surface area contributed by atoms with Crippen LogP contribution in [0.15, 0.2) is 109 Å². The van der Waals surface area contributed by atoms with Crippen molar-refractivity contribution < 1.29 is 58.2 Å². The maximum atomic E-state index is 13.2. The third kappa shape index (κ3) is 45.6. The summed E-state index contributed by atoms with van der Waals surface area (Å²) in [4.78, 5) is 51.3. The number of allylic oxidation sites excluding steroid dienone is 18. The minimum Gasteiger partial charge on any atom is -0.479 e. The lowest BCUT2D eigenvalue weighted by atomic mass is 9.98. The van der Waals surface area contributed by atoms with Gasteiger partial charge in [-0.3, -0.25) is 14.4 Å². The van der Waals surface area contributed by atoms with Gasteiger partial charge >= 0.3 is 23.9 Å². The first-order valence-electron chi connectivity index (χ1n) is 31.9. The Morgan fingerprint density at radius 3 is 1.22 bits per heavy atom. The molecule has 460 valence electrons.